The Kier molecular flexibility index (Phi) is 3.09. The lowest BCUT2D eigenvalue weighted by molar-refractivity contribution is 0.0595. The van der Waals surface area contributed by atoms with E-state index in [-0.39, 0.29) is 22.6 Å². The van der Waals surface area contributed by atoms with Gasteiger partial charge in [0.25, 0.3) is 0 Å². The number of hydrogen-bond acceptors (Lipinski definition) is 4. The Morgan fingerprint density at radius 1 is 1.33 bits per heavy atom. The predicted octanol–water partition coefficient (Wildman–Crippen LogP) is 2.46. The van der Waals surface area contributed by atoms with E-state index in [0.717, 1.165) is 12.1 Å². The van der Waals surface area contributed by atoms with Gasteiger partial charge in [-0.25, -0.2) is 23.5 Å². The number of ether oxygens (including phenoxy) is 1. The van der Waals surface area contributed by atoms with Crippen LogP contribution in [0, 0.1) is 11.6 Å². The summed E-state index contributed by atoms with van der Waals surface area (Å²) in [5.74, 6) is -2.04. The topological polar surface area (TPSA) is 56.5 Å². The van der Waals surface area contributed by atoms with Crippen LogP contribution in [0.2, 0.25) is 0 Å². The standard InChI is InChI=1S/C14H9F2N3O2/c1-21-14(20)12-13-18-11(7-19(13)5-4-17-12)9-3-2-8(15)6-10(9)16/h2-7H,1H3. The highest BCUT2D eigenvalue weighted by molar-refractivity contribution is 5.93. The third kappa shape index (κ3) is 2.22. The Labute approximate surface area is 117 Å². The van der Waals surface area contributed by atoms with Crippen molar-refractivity contribution < 1.29 is 18.3 Å². The van der Waals surface area contributed by atoms with Crippen molar-refractivity contribution in [3.63, 3.8) is 0 Å². The van der Waals surface area contributed by atoms with Gasteiger partial charge in [0.2, 0.25) is 0 Å². The van der Waals surface area contributed by atoms with Crippen LogP contribution in [-0.4, -0.2) is 27.4 Å². The summed E-state index contributed by atoms with van der Waals surface area (Å²) in [4.78, 5) is 19.7. The smallest absolute Gasteiger partial charge is 0.360 e. The van der Waals surface area contributed by atoms with Crippen molar-refractivity contribution in [2.75, 3.05) is 7.11 Å². The molecule has 1 aromatic carbocycles. The van der Waals surface area contributed by atoms with Crippen molar-refractivity contribution in [3.8, 4) is 11.3 Å². The number of benzene rings is 1. The monoisotopic (exact) mass is 289 g/mol. The van der Waals surface area contributed by atoms with Gasteiger partial charge < -0.3 is 9.14 Å². The summed E-state index contributed by atoms with van der Waals surface area (Å²) in [6.07, 6.45) is 4.51. The lowest BCUT2D eigenvalue weighted by atomic mass is 10.1. The third-order valence-electron chi connectivity index (χ3n) is 2.96. The van der Waals surface area contributed by atoms with E-state index in [4.69, 9.17) is 0 Å². The Morgan fingerprint density at radius 2 is 2.14 bits per heavy atom. The molecule has 3 rings (SSSR count). The Balaban J connectivity index is 2.19. The number of carbonyl (C=O) groups is 1. The number of methoxy groups -OCH3 is 1. The number of aromatic nitrogens is 3. The quantitative estimate of drug-likeness (QED) is 0.680. The summed E-state index contributed by atoms with van der Waals surface area (Å²) < 4.78 is 32.9. The molecular formula is C14H9F2N3O2. The number of nitrogens with zero attached hydrogens (tertiary/aromatic N) is 3. The predicted molar refractivity (Wildman–Crippen MR) is 69.7 cm³/mol. The van der Waals surface area contributed by atoms with Gasteiger partial charge in [0.05, 0.1) is 12.8 Å². The summed E-state index contributed by atoms with van der Waals surface area (Å²) in [5, 5.41) is 0. The Bertz CT molecular complexity index is 845. The fraction of sp³-hybridized carbons (Fsp3) is 0.0714. The van der Waals surface area contributed by atoms with Gasteiger partial charge in [-0.1, -0.05) is 0 Å². The first kappa shape index (κ1) is 13.2. The number of carbonyl (C=O) groups excluding carboxylic acids is 1. The maximum Gasteiger partial charge on any atom is 0.360 e. The van der Waals surface area contributed by atoms with Crippen LogP contribution in [0.5, 0.6) is 0 Å². The minimum Gasteiger partial charge on any atom is -0.464 e. The highest BCUT2D eigenvalue weighted by Crippen LogP contribution is 2.23. The number of hydrogen-bond donors (Lipinski definition) is 0. The van der Waals surface area contributed by atoms with Crippen LogP contribution in [0.25, 0.3) is 16.9 Å². The molecule has 0 aliphatic rings. The largest absolute Gasteiger partial charge is 0.464 e. The van der Waals surface area contributed by atoms with Gasteiger partial charge in [0.15, 0.2) is 11.3 Å². The number of imidazole rings is 1. The Hall–Kier alpha value is -2.83. The maximum atomic E-state index is 13.8. The fourth-order valence-corrected chi connectivity index (χ4v) is 1.99. The zero-order chi connectivity index (χ0) is 15.0. The van der Waals surface area contributed by atoms with Crippen LogP contribution < -0.4 is 0 Å². The zero-order valence-corrected chi connectivity index (χ0v) is 10.9. The molecule has 2 aromatic heterocycles. The SMILES string of the molecule is COC(=O)c1nccn2cc(-c3ccc(F)cc3F)nc12. The highest BCUT2D eigenvalue weighted by Gasteiger charge is 2.17. The maximum absolute atomic E-state index is 13.8. The number of rotatable bonds is 2. The van der Waals surface area contributed by atoms with Gasteiger partial charge in [0.1, 0.15) is 11.6 Å². The van der Waals surface area contributed by atoms with Crippen LogP contribution in [0.3, 0.4) is 0 Å². The first-order valence-corrected chi connectivity index (χ1v) is 5.97. The molecule has 7 heteroatoms. The van der Waals surface area contributed by atoms with E-state index in [1.807, 2.05) is 0 Å². The minimum atomic E-state index is -0.731. The van der Waals surface area contributed by atoms with E-state index < -0.39 is 17.6 Å². The van der Waals surface area contributed by atoms with Crippen LogP contribution in [-0.2, 0) is 4.74 Å². The summed E-state index contributed by atoms with van der Waals surface area (Å²) in [7, 11) is 1.23. The third-order valence-corrected chi connectivity index (χ3v) is 2.96. The molecule has 0 amide bonds. The van der Waals surface area contributed by atoms with E-state index in [9.17, 15) is 13.6 Å². The second-order valence-corrected chi connectivity index (χ2v) is 4.25. The van der Waals surface area contributed by atoms with E-state index >= 15 is 0 Å². The molecule has 106 valence electrons. The molecule has 21 heavy (non-hydrogen) atoms. The molecule has 0 aliphatic carbocycles. The van der Waals surface area contributed by atoms with Crippen molar-refractivity contribution in [2.45, 2.75) is 0 Å². The number of halogens is 2. The molecule has 0 fully saturated rings. The zero-order valence-electron chi connectivity index (χ0n) is 10.9. The van der Waals surface area contributed by atoms with Gasteiger partial charge in [-0.05, 0) is 12.1 Å². The minimum absolute atomic E-state index is 0.0220. The van der Waals surface area contributed by atoms with Crippen molar-refractivity contribution in [1.29, 1.82) is 0 Å². The van der Waals surface area contributed by atoms with E-state index in [1.165, 1.54) is 30.0 Å². The van der Waals surface area contributed by atoms with Crippen molar-refractivity contribution >= 4 is 11.6 Å². The number of esters is 1. The summed E-state index contributed by atoms with van der Waals surface area (Å²) in [6.45, 7) is 0. The van der Waals surface area contributed by atoms with E-state index in [1.54, 1.807) is 6.20 Å². The summed E-state index contributed by atoms with van der Waals surface area (Å²) >= 11 is 0. The first-order chi connectivity index (χ1) is 10.1. The lowest BCUT2D eigenvalue weighted by Crippen LogP contribution is -2.06. The van der Waals surface area contributed by atoms with Gasteiger partial charge >= 0.3 is 5.97 Å². The molecule has 0 saturated carbocycles. The first-order valence-electron chi connectivity index (χ1n) is 5.97. The molecule has 0 bridgehead atoms. The van der Waals surface area contributed by atoms with Gasteiger partial charge in [-0.2, -0.15) is 0 Å². The normalized spacial score (nSPS) is 10.8. The van der Waals surface area contributed by atoms with E-state index in [2.05, 4.69) is 14.7 Å². The molecular weight excluding hydrogens is 280 g/mol. The van der Waals surface area contributed by atoms with Crippen molar-refractivity contribution in [1.82, 2.24) is 14.4 Å². The van der Waals surface area contributed by atoms with Gasteiger partial charge in [0, 0.05) is 30.2 Å². The van der Waals surface area contributed by atoms with Crippen LogP contribution in [0.4, 0.5) is 8.78 Å². The van der Waals surface area contributed by atoms with Crippen molar-refractivity contribution in [3.05, 3.63) is 54.1 Å². The van der Waals surface area contributed by atoms with E-state index in [0.29, 0.717) is 0 Å². The van der Waals surface area contributed by atoms with Crippen LogP contribution in [0.1, 0.15) is 10.5 Å². The average Bonchev–Trinajstić information content (AvgIpc) is 2.89. The summed E-state index contributed by atoms with van der Waals surface area (Å²) in [5.41, 5.74) is 0.665. The van der Waals surface area contributed by atoms with Gasteiger partial charge in [-0.3, -0.25) is 0 Å². The summed E-state index contributed by atoms with van der Waals surface area (Å²) in [6, 6.07) is 3.21. The molecule has 5 nitrogen and oxygen atoms in total. The highest BCUT2D eigenvalue weighted by atomic mass is 19.1. The second kappa shape index (κ2) is 4.93. The average molecular weight is 289 g/mol. The molecule has 0 atom stereocenters. The molecule has 0 aliphatic heterocycles. The molecule has 3 aromatic rings. The lowest BCUT2D eigenvalue weighted by Gasteiger charge is -1.99. The van der Waals surface area contributed by atoms with Crippen LogP contribution in [0.15, 0.2) is 36.8 Å². The molecule has 0 saturated heterocycles. The Morgan fingerprint density at radius 3 is 2.86 bits per heavy atom. The molecule has 0 unspecified atom stereocenters. The fourth-order valence-electron chi connectivity index (χ4n) is 1.99. The number of fused-ring (bicyclic) bond motifs is 1. The molecule has 0 radical (unpaired) electrons. The van der Waals surface area contributed by atoms with Crippen LogP contribution >= 0.6 is 0 Å². The molecule has 0 spiro atoms. The second-order valence-electron chi connectivity index (χ2n) is 4.25. The molecule has 2 heterocycles. The van der Waals surface area contributed by atoms with Gasteiger partial charge in [-0.15, -0.1) is 0 Å². The van der Waals surface area contributed by atoms with Crippen molar-refractivity contribution in [2.24, 2.45) is 0 Å². The molecule has 0 N–H and O–H groups in total.